The Morgan fingerprint density at radius 1 is 0.838 bits per heavy atom. The zero-order valence-corrected chi connectivity index (χ0v) is 21.1. The van der Waals surface area contributed by atoms with Crippen LogP contribution in [0.5, 0.6) is 11.5 Å². The molecule has 2 N–H and O–H groups in total. The maximum absolute atomic E-state index is 11.3. The second-order valence-electron chi connectivity index (χ2n) is 8.74. The first kappa shape index (κ1) is 27.1. The number of hydrogen-bond donors (Lipinski definition) is 2. The zero-order valence-electron chi connectivity index (χ0n) is 21.1. The molecule has 37 heavy (non-hydrogen) atoms. The number of rotatable bonds is 12. The smallest absolute Gasteiger partial charge is 0.184 e. The van der Waals surface area contributed by atoms with Crippen LogP contribution in [0.4, 0.5) is 0 Å². The van der Waals surface area contributed by atoms with Crippen molar-refractivity contribution >= 4 is 0 Å². The van der Waals surface area contributed by atoms with E-state index < -0.39 is 30.7 Å². The third-order valence-electron chi connectivity index (χ3n) is 6.27. The Hall–Kier alpha value is -2.98. The first-order chi connectivity index (χ1) is 18.1. The number of hydrogen-bond acceptors (Lipinski definition) is 8. The van der Waals surface area contributed by atoms with Crippen LogP contribution >= 0.6 is 0 Å². The lowest BCUT2D eigenvalue weighted by molar-refractivity contribution is -0.295. The second-order valence-corrected chi connectivity index (χ2v) is 8.74. The van der Waals surface area contributed by atoms with E-state index in [0.717, 1.165) is 28.2 Å². The van der Waals surface area contributed by atoms with Gasteiger partial charge in [-0.25, -0.2) is 0 Å². The topological polar surface area (TPSA) is 95.8 Å². The summed E-state index contributed by atoms with van der Waals surface area (Å²) >= 11 is 0. The van der Waals surface area contributed by atoms with Gasteiger partial charge in [0.15, 0.2) is 6.29 Å². The summed E-state index contributed by atoms with van der Waals surface area (Å²) in [4.78, 5) is 0. The maximum atomic E-state index is 11.3. The predicted octanol–water partition coefficient (Wildman–Crippen LogP) is 3.64. The minimum Gasteiger partial charge on any atom is -0.497 e. The Bertz CT molecular complexity index is 1060. The standard InChI is InChI=1S/C29H34O8/c1-32-23-12-8-20(9-13-23)17-34-25(16-30)27(31)28-26(35-18-21-10-14-24(33-2)15-11-21)19-36-29(37-28)22-6-4-3-5-7-22/h3-15,25-31H,16-19H2,1-2H3/t25-,26-,27-,28-,29?/m1/s1. The number of aliphatic hydroxyl groups excluding tert-OH is 2. The highest BCUT2D eigenvalue weighted by Gasteiger charge is 2.41. The normalized spacial score (nSPS) is 21.2. The third-order valence-corrected chi connectivity index (χ3v) is 6.27. The molecule has 0 aromatic heterocycles. The lowest BCUT2D eigenvalue weighted by Gasteiger charge is -2.40. The monoisotopic (exact) mass is 510 g/mol. The van der Waals surface area contributed by atoms with E-state index in [4.69, 9.17) is 28.4 Å². The molecule has 5 atom stereocenters. The van der Waals surface area contributed by atoms with Crippen molar-refractivity contribution in [3.63, 3.8) is 0 Å². The van der Waals surface area contributed by atoms with Crippen LogP contribution in [-0.2, 0) is 32.2 Å². The minimum atomic E-state index is -1.17. The van der Waals surface area contributed by atoms with Gasteiger partial charge in [0, 0.05) is 5.56 Å². The summed E-state index contributed by atoms with van der Waals surface area (Å²) in [6.45, 7) is 0.305. The quantitative estimate of drug-likeness (QED) is 0.381. The molecular weight excluding hydrogens is 476 g/mol. The molecule has 3 aromatic carbocycles. The molecule has 198 valence electrons. The fourth-order valence-electron chi connectivity index (χ4n) is 4.10. The third kappa shape index (κ3) is 7.29. The number of aliphatic hydroxyl groups is 2. The summed E-state index contributed by atoms with van der Waals surface area (Å²) in [5.41, 5.74) is 2.65. The van der Waals surface area contributed by atoms with E-state index in [1.165, 1.54) is 0 Å². The summed E-state index contributed by atoms with van der Waals surface area (Å²) in [6, 6.07) is 24.5. The molecular formula is C29H34O8. The Morgan fingerprint density at radius 3 is 2.00 bits per heavy atom. The van der Waals surface area contributed by atoms with Gasteiger partial charge in [-0.05, 0) is 35.4 Å². The molecule has 0 radical (unpaired) electrons. The number of benzene rings is 3. The molecule has 1 aliphatic rings. The maximum Gasteiger partial charge on any atom is 0.184 e. The van der Waals surface area contributed by atoms with Crippen LogP contribution in [-0.4, -0.2) is 62.1 Å². The highest BCUT2D eigenvalue weighted by molar-refractivity contribution is 5.27. The number of ether oxygens (including phenoxy) is 6. The van der Waals surface area contributed by atoms with Gasteiger partial charge in [0.05, 0.1) is 40.6 Å². The van der Waals surface area contributed by atoms with Crippen molar-refractivity contribution in [3.05, 3.63) is 95.6 Å². The summed E-state index contributed by atoms with van der Waals surface area (Å²) < 4.78 is 34.6. The molecule has 8 nitrogen and oxygen atoms in total. The Balaban J connectivity index is 1.45. The van der Waals surface area contributed by atoms with Crippen molar-refractivity contribution in [1.82, 2.24) is 0 Å². The van der Waals surface area contributed by atoms with Crippen molar-refractivity contribution in [3.8, 4) is 11.5 Å². The van der Waals surface area contributed by atoms with E-state index in [0.29, 0.717) is 0 Å². The lowest BCUT2D eigenvalue weighted by atomic mass is 10.0. The Morgan fingerprint density at radius 2 is 1.43 bits per heavy atom. The van der Waals surface area contributed by atoms with Gasteiger partial charge in [-0.1, -0.05) is 54.6 Å². The summed E-state index contributed by atoms with van der Waals surface area (Å²) in [5.74, 6) is 1.49. The lowest BCUT2D eigenvalue weighted by Crippen LogP contribution is -2.53. The van der Waals surface area contributed by atoms with E-state index in [2.05, 4.69) is 0 Å². The highest BCUT2D eigenvalue weighted by Crippen LogP contribution is 2.31. The van der Waals surface area contributed by atoms with E-state index >= 15 is 0 Å². The second kappa shape index (κ2) is 13.5. The van der Waals surface area contributed by atoms with Gasteiger partial charge in [0.1, 0.15) is 35.9 Å². The van der Waals surface area contributed by atoms with E-state index in [1.54, 1.807) is 14.2 Å². The van der Waals surface area contributed by atoms with Gasteiger partial charge in [-0.3, -0.25) is 0 Å². The highest BCUT2D eigenvalue weighted by atomic mass is 16.7. The van der Waals surface area contributed by atoms with Crippen LogP contribution in [0, 0.1) is 0 Å². The summed E-state index contributed by atoms with van der Waals surface area (Å²) in [6.07, 6.45) is -4.13. The van der Waals surface area contributed by atoms with Crippen LogP contribution in [0.2, 0.25) is 0 Å². The van der Waals surface area contributed by atoms with E-state index in [9.17, 15) is 10.2 Å². The molecule has 0 saturated carbocycles. The van der Waals surface area contributed by atoms with Crippen LogP contribution < -0.4 is 9.47 Å². The van der Waals surface area contributed by atoms with Crippen molar-refractivity contribution < 1.29 is 38.6 Å². The minimum absolute atomic E-state index is 0.202. The molecule has 8 heteroatoms. The largest absolute Gasteiger partial charge is 0.497 e. The summed E-state index contributed by atoms with van der Waals surface area (Å²) in [5, 5.41) is 21.4. The van der Waals surface area contributed by atoms with Crippen LogP contribution in [0.1, 0.15) is 23.0 Å². The van der Waals surface area contributed by atoms with Gasteiger partial charge in [0.2, 0.25) is 0 Å². The van der Waals surface area contributed by atoms with Crippen molar-refractivity contribution in [2.75, 3.05) is 27.4 Å². The molecule has 1 saturated heterocycles. The van der Waals surface area contributed by atoms with Crippen molar-refractivity contribution in [2.24, 2.45) is 0 Å². The average molecular weight is 511 g/mol. The summed E-state index contributed by atoms with van der Waals surface area (Å²) in [7, 11) is 3.22. The molecule has 1 heterocycles. The molecule has 1 unspecified atom stereocenters. The van der Waals surface area contributed by atoms with E-state index in [-0.39, 0.29) is 26.4 Å². The van der Waals surface area contributed by atoms with Crippen LogP contribution in [0.15, 0.2) is 78.9 Å². The first-order valence-corrected chi connectivity index (χ1v) is 12.2. The van der Waals surface area contributed by atoms with Crippen molar-refractivity contribution in [1.29, 1.82) is 0 Å². The van der Waals surface area contributed by atoms with Gasteiger partial charge >= 0.3 is 0 Å². The molecule has 3 aromatic rings. The molecule has 0 amide bonds. The van der Waals surface area contributed by atoms with Gasteiger partial charge in [0.25, 0.3) is 0 Å². The Labute approximate surface area is 217 Å². The van der Waals surface area contributed by atoms with Gasteiger partial charge < -0.3 is 38.6 Å². The fraction of sp³-hybridized carbons (Fsp3) is 0.379. The molecule has 0 spiro atoms. The predicted molar refractivity (Wildman–Crippen MR) is 136 cm³/mol. The number of methoxy groups -OCH3 is 2. The average Bonchev–Trinajstić information content (AvgIpc) is 2.97. The van der Waals surface area contributed by atoms with Crippen LogP contribution in [0.3, 0.4) is 0 Å². The molecule has 0 aliphatic carbocycles. The van der Waals surface area contributed by atoms with Gasteiger partial charge in [-0.15, -0.1) is 0 Å². The van der Waals surface area contributed by atoms with Crippen LogP contribution in [0.25, 0.3) is 0 Å². The molecule has 1 fully saturated rings. The van der Waals surface area contributed by atoms with E-state index in [1.807, 2.05) is 78.9 Å². The molecule has 4 rings (SSSR count). The first-order valence-electron chi connectivity index (χ1n) is 12.2. The molecule has 1 aliphatic heterocycles. The fourth-order valence-corrected chi connectivity index (χ4v) is 4.10. The Kier molecular flexibility index (Phi) is 9.90. The van der Waals surface area contributed by atoms with Gasteiger partial charge in [-0.2, -0.15) is 0 Å². The zero-order chi connectivity index (χ0) is 26.0. The SMILES string of the molecule is COc1ccc(CO[C@H](CO)[C@@H](O)[C@@H]2OC(c3ccccc3)OC[C@H]2OCc2ccc(OC)cc2)cc1. The van der Waals surface area contributed by atoms with Crippen molar-refractivity contribution in [2.45, 2.75) is 43.9 Å². The molecule has 0 bridgehead atoms.